The Bertz CT molecular complexity index is 459. The van der Waals surface area contributed by atoms with Crippen LogP contribution in [0.15, 0.2) is 18.2 Å². The third kappa shape index (κ3) is 6.58. The van der Waals surface area contributed by atoms with Crippen LogP contribution in [-0.4, -0.2) is 18.1 Å². The van der Waals surface area contributed by atoms with Crippen molar-refractivity contribution in [2.45, 2.75) is 40.7 Å². The summed E-state index contributed by atoms with van der Waals surface area (Å²) in [5.74, 6) is 1.45. The van der Waals surface area contributed by atoms with E-state index >= 15 is 0 Å². The van der Waals surface area contributed by atoms with Crippen LogP contribution in [0.25, 0.3) is 0 Å². The standard InChI is InChI=1S/C16H26N2O3/c1-12(2)7-8-21-16-9-14(11-17-10-13(3)4)5-6-15(16)18(19)20/h5-6,9,12-13,17H,7-8,10-11H2,1-4H3. The fraction of sp³-hybridized carbons (Fsp3) is 0.625. The van der Waals surface area contributed by atoms with E-state index in [0.29, 0.717) is 30.7 Å². The van der Waals surface area contributed by atoms with Crippen LogP contribution in [0, 0.1) is 22.0 Å². The van der Waals surface area contributed by atoms with Crippen molar-refractivity contribution in [2.24, 2.45) is 11.8 Å². The normalized spacial score (nSPS) is 11.1. The third-order valence-corrected chi connectivity index (χ3v) is 3.06. The molecule has 0 amide bonds. The van der Waals surface area contributed by atoms with Gasteiger partial charge >= 0.3 is 5.69 Å². The molecule has 0 unspecified atom stereocenters. The first kappa shape index (κ1) is 17.4. The SMILES string of the molecule is CC(C)CCOc1cc(CNCC(C)C)ccc1[N+](=O)[O-]. The Balaban J connectivity index is 2.73. The van der Waals surface area contributed by atoms with E-state index < -0.39 is 4.92 Å². The smallest absolute Gasteiger partial charge is 0.310 e. The van der Waals surface area contributed by atoms with Crippen LogP contribution >= 0.6 is 0 Å². The molecule has 5 heteroatoms. The fourth-order valence-electron chi connectivity index (χ4n) is 1.84. The topological polar surface area (TPSA) is 64.4 Å². The maximum atomic E-state index is 11.0. The molecule has 0 heterocycles. The van der Waals surface area contributed by atoms with E-state index in [4.69, 9.17) is 4.74 Å². The summed E-state index contributed by atoms with van der Waals surface area (Å²) < 4.78 is 5.61. The molecule has 0 bridgehead atoms. The van der Waals surface area contributed by atoms with Crippen molar-refractivity contribution in [2.75, 3.05) is 13.2 Å². The van der Waals surface area contributed by atoms with Crippen LogP contribution < -0.4 is 10.1 Å². The second kappa shape index (κ2) is 8.62. The lowest BCUT2D eigenvalue weighted by Crippen LogP contribution is -2.19. The van der Waals surface area contributed by atoms with Gasteiger partial charge in [-0.2, -0.15) is 0 Å². The molecule has 0 aliphatic heterocycles. The van der Waals surface area contributed by atoms with Crippen molar-refractivity contribution in [3.63, 3.8) is 0 Å². The molecule has 5 nitrogen and oxygen atoms in total. The van der Waals surface area contributed by atoms with Gasteiger partial charge in [0, 0.05) is 12.6 Å². The van der Waals surface area contributed by atoms with Gasteiger partial charge in [-0.3, -0.25) is 10.1 Å². The zero-order valence-electron chi connectivity index (χ0n) is 13.4. The Morgan fingerprint density at radius 3 is 2.52 bits per heavy atom. The molecular formula is C16H26N2O3. The van der Waals surface area contributed by atoms with Crippen molar-refractivity contribution < 1.29 is 9.66 Å². The zero-order valence-corrected chi connectivity index (χ0v) is 13.4. The molecule has 21 heavy (non-hydrogen) atoms. The molecule has 1 aromatic rings. The van der Waals surface area contributed by atoms with E-state index in [-0.39, 0.29) is 5.69 Å². The summed E-state index contributed by atoms with van der Waals surface area (Å²) in [4.78, 5) is 10.7. The molecule has 0 radical (unpaired) electrons. The summed E-state index contributed by atoms with van der Waals surface area (Å²) in [7, 11) is 0. The largest absolute Gasteiger partial charge is 0.487 e. The first-order valence-electron chi connectivity index (χ1n) is 7.51. The highest BCUT2D eigenvalue weighted by molar-refractivity contribution is 5.48. The summed E-state index contributed by atoms with van der Waals surface area (Å²) in [5.41, 5.74) is 1.03. The second-order valence-corrected chi connectivity index (χ2v) is 6.11. The number of benzene rings is 1. The molecular weight excluding hydrogens is 268 g/mol. The maximum Gasteiger partial charge on any atom is 0.310 e. The molecule has 0 fully saturated rings. The third-order valence-electron chi connectivity index (χ3n) is 3.06. The van der Waals surface area contributed by atoms with Gasteiger partial charge in [0.05, 0.1) is 11.5 Å². The Kier molecular flexibility index (Phi) is 7.15. The van der Waals surface area contributed by atoms with Gasteiger partial charge in [0.15, 0.2) is 5.75 Å². The van der Waals surface area contributed by atoms with E-state index in [1.54, 1.807) is 12.1 Å². The van der Waals surface area contributed by atoms with E-state index in [1.807, 2.05) is 0 Å². The quantitative estimate of drug-likeness (QED) is 0.556. The van der Waals surface area contributed by atoms with Gasteiger partial charge in [-0.05, 0) is 36.4 Å². The number of ether oxygens (including phenoxy) is 1. The van der Waals surface area contributed by atoms with Crippen molar-refractivity contribution in [1.82, 2.24) is 5.32 Å². The molecule has 1 aromatic carbocycles. The van der Waals surface area contributed by atoms with Crippen LogP contribution in [0.1, 0.15) is 39.7 Å². The highest BCUT2D eigenvalue weighted by Gasteiger charge is 2.15. The van der Waals surface area contributed by atoms with E-state index in [0.717, 1.165) is 18.5 Å². The van der Waals surface area contributed by atoms with E-state index in [2.05, 4.69) is 33.0 Å². The lowest BCUT2D eigenvalue weighted by molar-refractivity contribution is -0.385. The van der Waals surface area contributed by atoms with Crippen LogP contribution in [0.5, 0.6) is 5.75 Å². The van der Waals surface area contributed by atoms with Crippen molar-refractivity contribution >= 4 is 5.69 Å². The van der Waals surface area contributed by atoms with E-state index in [9.17, 15) is 10.1 Å². The number of nitro benzene ring substituents is 1. The number of hydrogen-bond donors (Lipinski definition) is 1. The molecule has 1 N–H and O–H groups in total. The van der Waals surface area contributed by atoms with Gasteiger partial charge in [-0.15, -0.1) is 0 Å². The minimum absolute atomic E-state index is 0.0337. The van der Waals surface area contributed by atoms with Crippen molar-refractivity contribution in [3.8, 4) is 5.75 Å². The second-order valence-electron chi connectivity index (χ2n) is 6.11. The van der Waals surface area contributed by atoms with Crippen molar-refractivity contribution in [1.29, 1.82) is 0 Å². The lowest BCUT2D eigenvalue weighted by Gasteiger charge is -2.11. The Morgan fingerprint density at radius 1 is 1.24 bits per heavy atom. The number of nitrogens with one attached hydrogen (secondary N) is 1. The molecule has 0 atom stereocenters. The van der Waals surface area contributed by atoms with Crippen LogP contribution in [0.4, 0.5) is 5.69 Å². The molecule has 0 saturated heterocycles. The predicted molar refractivity (Wildman–Crippen MR) is 84.6 cm³/mol. The van der Waals surface area contributed by atoms with Crippen LogP contribution in [0.3, 0.4) is 0 Å². The summed E-state index contributed by atoms with van der Waals surface area (Å²) >= 11 is 0. The fourth-order valence-corrected chi connectivity index (χ4v) is 1.84. The summed E-state index contributed by atoms with van der Waals surface area (Å²) in [5, 5.41) is 14.4. The highest BCUT2D eigenvalue weighted by Crippen LogP contribution is 2.28. The molecule has 0 aliphatic carbocycles. The minimum atomic E-state index is -0.393. The molecule has 0 saturated carbocycles. The van der Waals surface area contributed by atoms with Gasteiger partial charge in [0.1, 0.15) is 0 Å². The van der Waals surface area contributed by atoms with Gasteiger partial charge < -0.3 is 10.1 Å². The van der Waals surface area contributed by atoms with Gasteiger partial charge in [-0.1, -0.05) is 33.8 Å². The summed E-state index contributed by atoms with van der Waals surface area (Å²) in [6, 6.07) is 5.07. The lowest BCUT2D eigenvalue weighted by atomic mass is 10.1. The Morgan fingerprint density at radius 2 is 1.95 bits per heavy atom. The molecule has 0 aliphatic rings. The molecule has 118 valence electrons. The molecule has 0 aromatic heterocycles. The molecule has 0 spiro atoms. The highest BCUT2D eigenvalue weighted by atomic mass is 16.6. The van der Waals surface area contributed by atoms with Crippen LogP contribution in [0.2, 0.25) is 0 Å². The molecule has 1 rings (SSSR count). The zero-order chi connectivity index (χ0) is 15.8. The maximum absolute atomic E-state index is 11.0. The van der Waals surface area contributed by atoms with E-state index in [1.165, 1.54) is 6.07 Å². The minimum Gasteiger partial charge on any atom is -0.487 e. The average molecular weight is 294 g/mol. The summed E-state index contributed by atoms with van der Waals surface area (Å²) in [6.45, 7) is 10.6. The number of nitrogens with zero attached hydrogens (tertiary/aromatic N) is 1. The van der Waals surface area contributed by atoms with Gasteiger partial charge in [0.2, 0.25) is 0 Å². The van der Waals surface area contributed by atoms with Crippen LogP contribution in [-0.2, 0) is 6.54 Å². The van der Waals surface area contributed by atoms with Gasteiger partial charge in [0.25, 0.3) is 0 Å². The first-order chi connectivity index (χ1) is 9.90. The predicted octanol–water partition coefficient (Wildman–Crippen LogP) is 3.77. The van der Waals surface area contributed by atoms with Crippen molar-refractivity contribution in [3.05, 3.63) is 33.9 Å². The van der Waals surface area contributed by atoms with Gasteiger partial charge in [-0.25, -0.2) is 0 Å². The Labute approximate surface area is 126 Å². The Hall–Kier alpha value is -1.62. The number of nitro groups is 1. The summed E-state index contributed by atoms with van der Waals surface area (Å²) in [6.07, 6.45) is 0.882. The monoisotopic (exact) mass is 294 g/mol. The number of rotatable bonds is 9. The average Bonchev–Trinajstić information content (AvgIpc) is 2.37. The number of hydrogen-bond acceptors (Lipinski definition) is 4. The first-order valence-corrected chi connectivity index (χ1v) is 7.51.